The van der Waals surface area contributed by atoms with Crippen molar-refractivity contribution in [1.82, 2.24) is 4.98 Å². The van der Waals surface area contributed by atoms with E-state index >= 15 is 0 Å². The zero-order valence-corrected chi connectivity index (χ0v) is 12.9. The first-order valence-corrected chi connectivity index (χ1v) is 6.88. The van der Waals surface area contributed by atoms with Crippen LogP contribution in [0.15, 0.2) is 30.3 Å². The van der Waals surface area contributed by atoms with Gasteiger partial charge in [0.25, 0.3) is 0 Å². The van der Waals surface area contributed by atoms with Crippen LogP contribution in [0, 0.1) is 0 Å². The molecule has 0 amide bonds. The van der Waals surface area contributed by atoms with Crippen LogP contribution >= 0.6 is 11.6 Å². The maximum absolute atomic E-state index is 11.0. The number of benzene rings is 1. The monoisotopic (exact) mass is 304 g/mol. The van der Waals surface area contributed by atoms with E-state index in [-0.39, 0.29) is 21.8 Å². The first kappa shape index (κ1) is 15.3. The van der Waals surface area contributed by atoms with Crippen molar-refractivity contribution in [3.8, 4) is 11.3 Å². The summed E-state index contributed by atoms with van der Waals surface area (Å²) in [7, 11) is 0. The maximum Gasteiger partial charge on any atom is 0.340 e. The Morgan fingerprint density at radius 2 is 1.81 bits per heavy atom. The molecule has 0 aliphatic carbocycles. The molecule has 1 aromatic carbocycles. The van der Waals surface area contributed by atoms with E-state index < -0.39 is 5.97 Å². The highest BCUT2D eigenvalue weighted by atomic mass is 35.5. The molecular formula is C16H17ClN2O2. The normalized spacial score (nSPS) is 11.4. The second-order valence-corrected chi connectivity index (χ2v) is 6.25. The van der Waals surface area contributed by atoms with Crippen molar-refractivity contribution in [2.24, 2.45) is 0 Å². The standard InChI is InChI=1S/C16H17ClN2O2/c1-16(2,3)10-6-4-9(5-7-10)12-8-11(18)13(15(20)21)14(17)19-12/h4-8H,1-3H3,(H2,18,19)(H,20,21). The van der Waals surface area contributed by atoms with E-state index in [9.17, 15) is 4.79 Å². The quantitative estimate of drug-likeness (QED) is 0.823. The highest BCUT2D eigenvalue weighted by Gasteiger charge is 2.17. The maximum atomic E-state index is 11.0. The number of carboxylic acid groups (broad SMARTS) is 1. The number of hydrogen-bond donors (Lipinski definition) is 2. The number of anilines is 1. The molecule has 0 aliphatic rings. The molecule has 1 heterocycles. The number of carbonyl (C=O) groups is 1. The molecule has 4 nitrogen and oxygen atoms in total. The van der Waals surface area contributed by atoms with Gasteiger partial charge in [0, 0.05) is 5.56 Å². The zero-order valence-electron chi connectivity index (χ0n) is 12.1. The van der Waals surface area contributed by atoms with Crippen molar-refractivity contribution in [2.75, 3.05) is 5.73 Å². The highest BCUT2D eigenvalue weighted by Crippen LogP contribution is 2.29. The first-order valence-electron chi connectivity index (χ1n) is 6.50. The minimum absolute atomic E-state index is 0.0653. The number of aromatic carboxylic acids is 1. The van der Waals surface area contributed by atoms with Crippen LogP contribution < -0.4 is 5.73 Å². The fourth-order valence-corrected chi connectivity index (χ4v) is 2.31. The number of halogens is 1. The largest absolute Gasteiger partial charge is 0.478 e. The van der Waals surface area contributed by atoms with Gasteiger partial charge >= 0.3 is 5.97 Å². The molecule has 3 N–H and O–H groups in total. The number of aromatic nitrogens is 1. The Kier molecular flexibility index (Phi) is 3.92. The van der Waals surface area contributed by atoms with E-state index in [4.69, 9.17) is 22.4 Å². The van der Waals surface area contributed by atoms with Crippen molar-refractivity contribution >= 4 is 23.3 Å². The van der Waals surface area contributed by atoms with Gasteiger partial charge in [0.05, 0.1) is 11.4 Å². The third-order valence-corrected chi connectivity index (χ3v) is 3.54. The molecule has 1 aromatic heterocycles. The lowest BCUT2D eigenvalue weighted by atomic mass is 9.86. The first-order chi connectivity index (χ1) is 9.70. The Balaban J connectivity index is 2.46. The van der Waals surface area contributed by atoms with Gasteiger partial charge in [0.15, 0.2) is 0 Å². The van der Waals surface area contributed by atoms with Crippen molar-refractivity contribution in [2.45, 2.75) is 26.2 Å². The SMILES string of the molecule is CC(C)(C)c1ccc(-c2cc(N)c(C(=O)O)c(Cl)n2)cc1. The summed E-state index contributed by atoms with van der Waals surface area (Å²) in [5, 5.41) is 8.93. The summed E-state index contributed by atoms with van der Waals surface area (Å²) in [6.45, 7) is 6.41. The van der Waals surface area contributed by atoms with Crippen LogP contribution in [-0.4, -0.2) is 16.1 Å². The minimum atomic E-state index is -1.18. The van der Waals surface area contributed by atoms with Gasteiger partial charge < -0.3 is 10.8 Å². The van der Waals surface area contributed by atoms with Gasteiger partial charge in [-0.25, -0.2) is 9.78 Å². The van der Waals surface area contributed by atoms with E-state index in [1.54, 1.807) is 0 Å². The molecule has 0 aliphatic heterocycles. The second kappa shape index (κ2) is 5.37. The van der Waals surface area contributed by atoms with Crippen molar-refractivity contribution in [3.05, 3.63) is 46.6 Å². The predicted molar refractivity (Wildman–Crippen MR) is 84.8 cm³/mol. The Labute approximate surface area is 128 Å². The number of nitrogen functional groups attached to an aromatic ring is 1. The van der Waals surface area contributed by atoms with Gasteiger partial charge in [0.1, 0.15) is 10.7 Å². The summed E-state index contributed by atoms with van der Waals surface area (Å²) in [4.78, 5) is 15.2. The number of nitrogens with zero attached hydrogens (tertiary/aromatic N) is 1. The molecule has 0 saturated heterocycles. The van der Waals surface area contributed by atoms with E-state index in [0.717, 1.165) is 5.56 Å². The molecule has 0 unspecified atom stereocenters. The van der Waals surface area contributed by atoms with Gasteiger partial charge in [-0.2, -0.15) is 0 Å². The molecule has 5 heteroatoms. The van der Waals surface area contributed by atoms with Crippen molar-refractivity contribution in [3.63, 3.8) is 0 Å². The smallest absolute Gasteiger partial charge is 0.340 e. The van der Waals surface area contributed by atoms with Gasteiger partial charge in [0.2, 0.25) is 0 Å². The molecule has 0 bridgehead atoms. The molecule has 0 fully saturated rings. The summed E-state index contributed by atoms with van der Waals surface area (Å²) in [5.74, 6) is -1.18. The fourth-order valence-electron chi connectivity index (χ4n) is 2.03. The summed E-state index contributed by atoms with van der Waals surface area (Å²) in [6.07, 6.45) is 0. The minimum Gasteiger partial charge on any atom is -0.478 e. The molecule has 2 aromatic rings. The Hall–Kier alpha value is -2.07. The average molecular weight is 305 g/mol. The number of nitrogens with two attached hydrogens (primary N) is 1. The lowest BCUT2D eigenvalue weighted by molar-refractivity contribution is 0.0698. The molecule has 110 valence electrons. The van der Waals surface area contributed by atoms with E-state index in [2.05, 4.69) is 25.8 Å². The Morgan fingerprint density at radius 1 is 1.24 bits per heavy atom. The van der Waals surface area contributed by atoms with Crippen LogP contribution in [0.1, 0.15) is 36.7 Å². The van der Waals surface area contributed by atoms with Gasteiger partial charge in [-0.3, -0.25) is 0 Å². The van der Waals surface area contributed by atoms with E-state index in [1.807, 2.05) is 24.3 Å². The van der Waals surface area contributed by atoms with Crippen LogP contribution in [0.2, 0.25) is 5.15 Å². The molecule has 0 radical (unpaired) electrons. The van der Waals surface area contributed by atoms with E-state index in [0.29, 0.717) is 5.69 Å². The number of hydrogen-bond acceptors (Lipinski definition) is 3. The third-order valence-electron chi connectivity index (χ3n) is 3.27. The molecule has 2 rings (SSSR count). The summed E-state index contributed by atoms with van der Waals surface area (Å²) in [6, 6.07) is 9.43. The average Bonchev–Trinajstić information content (AvgIpc) is 2.36. The van der Waals surface area contributed by atoms with Crippen LogP contribution in [0.3, 0.4) is 0 Å². The summed E-state index contributed by atoms with van der Waals surface area (Å²) in [5.41, 5.74) is 8.37. The van der Waals surface area contributed by atoms with Gasteiger partial charge in [-0.15, -0.1) is 0 Å². The highest BCUT2D eigenvalue weighted by molar-refractivity contribution is 6.33. The summed E-state index contributed by atoms with van der Waals surface area (Å²) < 4.78 is 0. The second-order valence-electron chi connectivity index (χ2n) is 5.90. The summed E-state index contributed by atoms with van der Waals surface area (Å²) >= 11 is 5.91. The number of pyridine rings is 1. The molecular weight excluding hydrogens is 288 g/mol. The van der Waals surface area contributed by atoms with Crippen molar-refractivity contribution < 1.29 is 9.90 Å². The van der Waals surface area contributed by atoms with Crippen LogP contribution in [0.25, 0.3) is 11.3 Å². The molecule has 21 heavy (non-hydrogen) atoms. The number of carboxylic acids is 1. The predicted octanol–water partition coefficient (Wildman–Crippen LogP) is 3.98. The van der Waals surface area contributed by atoms with Crippen LogP contribution in [0.4, 0.5) is 5.69 Å². The topological polar surface area (TPSA) is 76.2 Å². The molecule has 0 saturated carbocycles. The van der Waals surface area contributed by atoms with Gasteiger partial charge in [-0.05, 0) is 17.0 Å². The van der Waals surface area contributed by atoms with Gasteiger partial charge in [-0.1, -0.05) is 56.6 Å². The van der Waals surface area contributed by atoms with Crippen LogP contribution in [-0.2, 0) is 5.41 Å². The van der Waals surface area contributed by atoms with Crippen molar-refractivity contribution in [1.29, 1.82) is 0 Å². The Bertz CT molecular complexity index is 665. The molecule has 0 atom stereocenters. The van der Waals surface area contributed by atoms with Crippen LogP contribution in [0.5, 0.6) is 0 Å². The lowest BCUT2D eigenvalue weighted by Crippen LogP contribution is -2.10. The van der Waals surface area contributed by atoms with E-state index in [1.165, 1.54) is 11.6 Å². The fraction of sp³-hybridized carbons (Fsp3) is 0.250. The lowest BCUT2D eigenvalue weighted by Gasteiger charge is -2.19. The third kappa shape index (κ3) is 3.16. The molecule has 0 spiro atoms. The number of rotatable bonds is 2. The zero-order chi connectivity index (χ0) is 15.8. The Morgan fingerprint density at radius 3 is 2.24 bits per heavy atom.